The second kappa shape index (κ2) is 6.17. The van der Waals surface area contributed by atoms with E-state index in [0.29, 0.717) is 11.7 Å². The first-order valence-corrected chi connectivity index (χ1v) is 9.23. The molecule has 1 aliphatic carbocycles. The third kappa shape index (κ3) is 2.71. The molecule has 0 radical (unpaired) electrons. The van der Waals surface area contributed by atoms with Crippen molar-refractivity contribution in [2.24, 2.45) is 0 Å². The number of anilines is 2. The normalized spacial score (nSPS) is 21.0. The summed E-state index contributed by atoms with van der Waals surface area (Å²) in [5, 5.41) is 9.38. The fraction of sp³-hybridized carbons (Fsp3) is 0.526. The Morgan fingerprint density at radius 2 is 2.04 bits per heavy atom. The molecule has 26 heavy (non-hydrogen) atoms. The Balaban J connectivity index is 1.39. The number of nitrogens with zero attached hydrogens (tertiary/aromatic N) is 4. The zero-order valence-electron chi connectivity index (χ0n) is 14.6. The molecule has 3 aliphatic rings. The van der Waals surface area contributed by atoms with Crippen LogP contribution >= 0.6 is 0 Å². The summed E-state index contributed by atoms with van der Waals surface area (Å²) in [7, 11) is 0. The van der Waals surface area contributed by atoms with Crippen molar-refractivity contribution in [2.45, 2.75) is 43.8 Å². The first kappa shape index (κ1) is 16.0. The molecular weight excluding hydrogens is 332 g/mol. The quantitative estimate of drug-likeness (QED) is 0.900. The first-order valence-electron chi connectivity index (χ1n) is 9.23. The maximum Gasteiger partial charge on any atom is 0.213 e. The van der Waals surface area contributed by atoms with E-state index in [4.69, 9.17) is 9.47 Å². The smallest absolute Gasteiger partial charge is 0.213 e. The number of aliphatic hydroxyl groups excluding tert-OH is 1. The molecule has 0 aromatic carbocycles. The van der Waals surface area contributed by atoms with Gasteiger partial charge in [0, 0.05) is 42.6 Å². The summed E-state index contributed by atoms with van der Waals surface area (Å²) in [6, 6.07) is 3.96. The minimum absolute atomic E-state index is 0.149. The molecule has 7 heteroatoms. The van der Waals surface area contributed by atoms with E-state index in [2.05, 4.69) is 19.9 Å². The SMILES string of the molecule is OCc1ncc2c(n1)N(c1ccc(OC3CCOCC3)nc1)CC21CC1. The van der Waals surface area contributed by atoms with E-state index in [1.807, 2.05) is 24.5 Å². The molecule has 0 atom stereocenters. The van der Waals surface area contributed by atoms with Gasteiger partial charge in [0.05, 0.1) is 25.1 Å². The van der Waals surface area contributed by atoms with Crippen LogP contribution in [0.5, 0.6) is 5.88 Å². The largest absolute Gasteiger partial charge is 0.474 e. The number of aliphatic hydroxyl groups is 1. The fourth-order valence-electron chi connectivity index (χ4n) is 3.89. The van der Waals surface area contributed by atoms with Gasteiger partial charge >= 0.3 is 0 Å². The number of hydrogen-bond acceptors (Lipinski definition) is 7. The maximum atomic E-state index is 9.38. The molecule has 2 aromatic rings. The van der Waals surface area contributed by atoms with Gasteiger partial charge in [0.25, 0.3) is 0 Å². The monoisotopic (exact) mass is 354 g/mol. The van der Waals surface area contributed by atoms with Gasteiger partial charge in [0.1, 0.15) is 18.5 Å². The van der Waals surface area contributed by atoms with Crippen LogP contribution in [0.3, 0.4) is 0 Å². The number of hydrogen-bond donors (Lipinski definition) is 1. The van der Waals surface area contributed by atoms with Gasteiger partial charge in [-0.05, 0) is 18.9 Å². The van der Waals surface area contributed by atoms with E-state index in [0.717, 1.165) is 56.9 Å². The fourth-order valence-corrected chi connectivity index (χ4v) is 3.89. The molecule has 0 unspecified atom stereocenters. The summed E-state index contributed by atoms with van der Waals surface area (Å²) in [6.45, 7) is 2.25. The first-order chi connectivity index (χ1) is 12.8. The van der Waals surface area contributed by atoms with E-state index in [1.54, 1.807) is 0 Å². The molecule has 0 amide bonds. The molecule has 2 aliphatic heterocycles. The van der Waals surface area contributed by atoms with Crippen LogP contribution in [0, 0.1) is 0 Å². The Bertz CT molecular complexity index is 801. The van der Waals surface area contributed by atoms with Crippen LogP contribution in [0.25, 0.3) is 0 Å². The highest BCUT2D eigenvalue weighted by molar-refractivity contribution is 5.70. The Morgan fingerprint density at radius 1 is 1.19 bits per heavy atom. The highest BCUT2D eigenvalue weighted by atomic mass is 16.5. The minimum Gasteiger partial charge on any atom is -0.474 e. The standard InChI is InChI=1S/C19H22N4O3/c24-11-16-20-10-15-18(22-16)23(12-19(15)5-6-19)13-1-2-17(21-9-13)26-14-3-7-25-8-4-14/h1-2,9-10,14,24H,3-8,11-12H2. The van der Waals surface area contributed by atoms with Crippen LogP contribution in [0.4, 0.5) is 11.5 Å². The molecule has 1 N–H and O–H groups in total. The highest BCUT2D eigenvalue weighted by Gasteiger charge is 2.53. The van der Waals surface area contributed by atoms with Gasteiger partial charge in [-0.25, -0.2) is 15.0 Å². The lowest BCUT2D eigenvalue weighted by molar-refractivity contribution is 0.0237. The van der Waals surface area contributed by atoms with Crippen molar-refractivity contribution in [3.63, 3.8) is 0 Å². The molecule has 1 spiro atoms. The zero-order valence-corrected chi connectivity index (χ0v) is 14.6. The van der Waals surface area contributed by atoms with E-state index >= 15 is 0 Å². The van der Waals surface area contributed by atoms with Gasteiger partial charge in [-0.3, -0.25) is 0 Å². The molecule has 136 valence electrons. The predicted molar refractivity (Wildman–Crippen MR) is 94.6 cm³/mol. The third-order valence-electron chi connectivity index (χ3n) is 5.59. The predicted octanol–water partition coefficient (Wildman–Crippen LogP) is 2.10. The summed E-state index contributed by atoms with van der Waals surface area (Å²) in [4.78, 5) is 15.5. The molecular formula is C19H22N4O3. The average Bonchev–Trinajstić information content (AvgIpc) is 3.40. The van der Waals surface area contributed by atoms with Crippen LogP contribution < -0.4 is 9.64 Å². The molecule has 0 bridgehead atoms. The Kier molecular flexibility index (Phi) is 3.79. The molecule has 2 aromatic heterocycles. The van der Waals surface area contributed by atoms with Crippen molar-refractivity contribution in [1.82, 2.24) is 15.0 Å². The number of rotatable bonds is 4. The van der Waals surface area contributed by atoms with Crippen LogP contribution in [-0.2, 0) is 16.8 Å². The molecule has 7 nitrogen and oxygen atoms in total. The van der Waals surface area contributed by atoms with Crippen molar-refractivity contribution in [3.8, 4) is 5.88 Å². The number of aromatic nitrogens is 3. The summed E-state index contributed by atoms with van der Waals surface area (Å²) in [5.74, 6) is 2.01. The Hall–Kier alpha value is -2.25. The molecule has 2 fully saturated rings. The van der Waals surface area contributed by atoms with Crippen molar-refractivity contribution in [1.29, 1.82) is 0 Å². The van der Waals surface area contributed by atoms with Crippen LogP contribution in [0.15, 0.2) is 24.5 Å². The van der Waals surface area contributed by atoms with Crippen molar-refractivity contribution >= 4 is 11.5 Å². The minimum atomic E-state index is -0.149. The number of pyridine rings is 1. The van der Waals surface area contributed by atoms with Crippen molar-refractivity contribution in [2.75, 3.05) is 24.7 Å². The Labute approximate surface area is 152 Å². The second-order valence-corrected chi connectivity index (χ2v) is 7.33. The molecule has 1 saturated heterocycles. The lowest BCUT2D eigenvalue weighted by Gasteiger charge is -2.23. The zero-order chi connectivity index (χ0) is 17.6. The van der Waals surface area contributed by atoms with E-state index < -0.39 is 0 Å². The third-order valence-corrected chi connectivity index (χ3v) is 5.59. The van der Waals surface area contributed by atoms with Crippen LogP contribution in [-0.4, -0.2) is 45.9 Å². The van der Waals surface area contributed by atoms with Gasteiger partial charge in [0.15, 0.2) is 5.82 Å². The maximum absolute atomic E-state index is 9.38. The summed E-state index contributed by atoms with van der Waals surface area (Å²) < 4.78 is 11.3. The molecule has 4 heterocycles. The summed E-state index contributed by atoms with van der Waals surface area (Å²) in [5.41, 5.74) is 2.37. The van der Waals surface area contributed by atoms with Crippen molar-refractivity contribution < 1.29 is 14.6 Å². The number of ether oxygens (including phenoxy) is 2. The summed E-state index contributed by atoms with van der Waals surface area (Å²) >= 11 is 0. The number of fused-ring (bicyclic) bond motifs is 2. The molecule has 1 saturated carbocycles. The topological polar surface area (TPSA) is 80.6 Å². The van der Waals surface area contributed by atoms with Gasteiger partial charge in [-0.2, -0.15) is 0 Å². The van der Waals surface area contributed by atoms with E-state index in [1.165, 1.54) is 5.56 Å². The van der Waals surface area contributed by atoms with Gasteiger partial charge in [-0.15, -0.1) is 0 Å². The highest BCUT2D eigenvalue weighted by Crippen LogP contribution is 2.57. The average molecular weight is 354 g/mol. The summed E-state index contributed by atoms with van der Waals surface area (Å²) in [6.07, 6.45) is 8.06. The lowest BCUT2D eigenvalue weighted by atomic mass is 10.0. The van der Waals surface area contributed by atoms with E-state index in [9.17, 15) is 5.11 Å². The second-order valence-electron chi connectivity index (χ2n) is 7.33. The van der Waals surface area contributed by atoms with Crippen LogP contribution in [0.2, 0.25) is 0 Å². The molecule has 5 rings (SSSR count). The Morgan fingerprint density at radius 3 is 2.73 bits per heavy atom. The van der Waals surface area contributed by atoms with E-state index in [-0.39, 0.29) is 18.1 Å². The van der Waals surface area contributed by atoms with Gasteiger partial charge in [0.2, 0.25) is 5.88 Å². The van der Waals surface area contributed by atoms with Gasteiger partial charge < -0.3 is 19.5 Å². The van der Waals surface area contributed by atoms with Gasteiger partial charge in [-0.1, -0.05) is 0 Å². The van der Waals surface area contributed by atoms with Crippen molar-refractivity contribution in [3.05, 3.63) is 35.9 Å². The lowest BCUT2D eigenvalue weighted by Crippen LogP contribution is -2.26. The van der Waals surface area contributed by atoms with Crippen LogP contribution in [0.1, 0.15) is 37.1 Å².